The summed E-state index contributed by atoms with van der Waals surface area (Å²) in [5.41, 5.74) is 2.98. The molecule has 6 fully saturated rings. The molecule has 6 aliphatic rings. The number of alkyl carbamates (subject to hydrolysis) is 1. The van der Waals surface area contributed by atoms with Gasteiger partial charge in [0.1, 0.15) is 40.8 Å². The number of H-pyrrole nitrogens is 2. The number of aromatic nitrogens is 4. The number of hydrogen-bond acceptors (Lipinski definition) is 10. The van der Waals surface area contributed by atoms with E-state index in [1.165, 1.54) is 43.5 Å². The van der Waals surface area contributed by atoms with Gasteiger partial charge in [-0.15, -0.1) is 0 Å². The number of likely N-dealkylation sites (tertiary alicyclic amines) is 2. The number of nitrogens with zero attached hydrogens (tertiary/aromatic N) is 6. The zero-order valence-corrected chi connectivity index (χ0v) is 44.3. The van der Waals surface area contributed by atoms with Crippen LogP contribution in [0, 0.1) is 40.9 Å². The first-order valence-corrected chi connectivity index (χ1v) is 28.1. The molecular formula is C59H66F5N9O6. The Hall–Kier alpha value is -6.80. The van der Waals surface area contributed by atoms with Gasteiger partial charge < -0.3 is 49.1 Å². The summed E-state index contributed by atoms with van der Waals surface area (Å²) in [5.74, 6) is -2.18. The van der Waals surface area contributed by atoms with Crippen LogP contribution in [-0.2, 0) is 23.8 Å². The molecule has 0 unspecified atom stereocenters. The fourth-order valence-electron chi connectivity index (χ4n) is 13.7. The maximum atomic E-state index is 17.0. The predicted octanol–water partition coefficient (Wildman–Crippen LogP) is 10.9. The average molecular weight is 1090 g/mol. The zero-order valence-electron chi connectivity index (χ0n) is 44.3. The van der Waals surface area contributed by atoms with Crippen molar-refractivity contribution in [3.8, 4) is 0 Å². The van der Waals surface area contributed by atoms with Gasteiger partial charge in [-0.2, -0.15) is 0 Å². The first kappa shape index (κ1) is 52.9. The number of carbonyl (C=O) groups is 3. The lowest BCUT2D eigenvalue weighted by molar-refractivity contribution is -0.137. The Kier molecular flexibility index (Phi) is 15.0. The minimum atomic E-state index is -0.850. The first-order valence-electron chi connectivity index (χ1n) is 28.1. The monoisotopic (exact) mass is 1090 g/mol. The summed E-state index contributed by atoms with van der Waals surface area (Å²) in [6.07, 6.45) is 7.03. The number of ether oxygens (including phenoxy) is 3. The van der Waals surface area contributed by atoms with E-state index in [-0.39, 0.29) is 76.8 Å². The highest BCUT2D eigenvalue weighted by Gasteiger charge is 2.43. The molecule has 6 aromatic rings. The molecule has 2 aromatic heterocycles. The van der Waals surface area contributed by atoms with E-state index in [4.69, 9.17) is 24.2 Å². The summed E-state index contributed by atoms with van der Waals surface area (Å²) in [5, 5.41) is 2.77. The van der Waals surface area contributed by atoms with Gasteiger partial charge in [0.25, 0.3) is 0 Å². The van der Waals surface area contributed by atoms with Crippen LogP contribution in [0.25, 0.3) is 22.1 Å². The molecule has 15 nitrogen and oxygen atoms in total. The standard InChI is InChI=1S/C59H66F5N9O6/c1-77-59(76)69-54(36-16-24-79-25-17-36)58(75)72-19-3-5-52(72)57-66-46-30-40(42(62)32-48(46)68-57)50-11-10-49(73(50)38-27-43(63)55(44(64)28-38)70-20-12-35(13-21-70)34-6-8-37(60)9-7-34)39-29-45-47(31-41(39)61)67-56(65-45)51-4-2-18-71(51)53(74)26-33-14-22-78-23-15-33/h6-9,27-33,35-36,49-52,54H,2-5,10-26H2,1H3,(H,65,67)(H,66,68)(H,69,76)/t49-,50-,51+,52+,54+/m1/s1. The van der Waals surface area contributed by atoms with Crippen LogP contribution in [0.3, 0.4) is 0 Å². The quantitative estimate of drug-likeness (QED) is 0.101. The third kappa shape index (κ3) is 10.5. The summed E-state index contributed by atoms with van der Waals surface area (Å²) in [6, 6.07) is 11.5. The van der Waals surface area contributed by atoms with Crippen molar-refractivity contribution >= 4 is 51.3 Å². The van der Waals surface area contributed by atoms with Gasteiger partial charge in [-0.05, 0) is 149 Å². The van der Waals surface area contributed by atoms with Crippen LogP contribution in [0.4, 0.5) is 38.1 Å². The number of benzene rings is 4. The molecule has 418 valence electrons. The van der Waals surface area contributed by atoms with E-state index in [0.717, 1.165) is 24.8 Å². The number of fused-ring (bicyclic) bond motifs is 2. The van der Waals surface area contributed by atoms with Gasteiger partial charge in [-0.3, -0.25) is 9.59 Å². The summed E-state index contributed by atoms with van der Waals surface area (Å²) in [7, 11) is 1.25. The second-order valence-electron chi connectivity index (χ2n) is 22.4. The topological polar surface area (TPSA) is 161 Å². The first-order chi connectivity index (χ1) is 38.4. The Morgan fingerprint density at radius 2 is 1.19 bits per heavy atom. The van der Waals surface area contributed by atoms with Crippen molar-refractivity contribution in [3.05, 3.63) is 118 Å². The molecule has 8 heterocycles. The number of piperidine rings is 1. The van der Waals surface area contributed by atoms with Gasteiger partial charge in [0.2, 0.25) is 11.8 Å². The lowest BCUT2D eigenvalue weighted by Crippen LogP contribution is -2.53. The Morgan fingerprint density at radius 1 is 0.646 bits per heavy atom. The van der Waals surface area contributed by atoms with Crippen LogP contribution in [-0.4, -0.2) is 113 Å². The van der Waals surface area contributed by atoms with E-state index in [9.17, 15) is 18.8 Å². The fourth-order valence-corrected chi connectivity index (χ4v) is 13.7. The summed E-state index contributed by atoms with van der Waals surface area (Å²) in [4.78, 5) is 64.1. The Balaban J connectivity index is 0.866. The number of hydrogen-bond donors (Lipinski definition) is 3. The van der Waals surface area contributed by atoms with E-state index in [2.05, 4.69) is 15.3 Å². The molecule has 3 amide bonds. The fraction of sp³-hybridized carbons (Fsp3) is 0.508. The molecule has 6 aliphatic heterocycles. The van der Waals surface area contributed by atoms with Gasteiger partial charge in [0.15, 0.2) is 11.6 Å². The molecular weight excluding hydrogens is 1030 g/mol. The van der Waals surface area contributed by atoms with E-state index in [0.29, 0.717) is 138 Å². The summed E-state index contributed by atoms with van der Waals surface area (Å²) < 4.78 is 97.5. The van der Waals surface area contributed by atoms with Gasteiger partial charge >= 0.3 is 6.09 Å². The van der Waals surface area contributed by atoms with Crippen molar-refractivity contribution in [1.82, 2.24) is 35.1 Å². The molecule has 0 bridgehead atoms. The lowest BCUT2D eigenvalue weighted by atomic mass is 9.89. The van der Waals surface area contributed by atoms with Crippen molar-refractivity contribution in [2.75, 3.05) is 69.5 Å². The number of amides is 3. The van der Waals surface area contributed by atoms with Crippen LogP contribution in [0.15, 0.2) is 60.7 Å². The Morgan fingerprint density at radius 3 is 1.76 bits per heavy atom. The smallest absolute Gasteiger partial charge is 0.407 e. The molecule has 5 atom stereocenters. The van der Waals surface area contributed by atoms with Crippen molar-refractivity contribution in [2.45, 2.75) is 120 Å². The van der Waals surface area contributed by atoms with Gasteiger partial charge in [0, 0.05) is 75.8 Å². The molecule has 4 aromatic carbocycles. The molecule has 6 saturated heterocycles. The Bertz CT molecular complexity index is 3200. The predicted molar refractivity (Wildman–Crippen MR) is 285 cm³/mol. The molecule has 20 heteroatoms. The second-order valence-corrected chi connectivity index (χ2v) is 22.4. The Labute approximate surface area is 454 Å². The molecule has 12 rings (SSSR count). The van der Waals surface area contributed by atoms with Gasteiger partial charge in [-0.1, -0.05) is 12.1 Å². The van der Waals surface area contributed by atoms with Crippen LogP contribution < -0.4 is 15.1 Å². The number of anilines is 2. The van der Waals surface area contributed by atoms with Gasteiger partial charge in [-0.25, -0.2) is 36.7 Å². The van der Waals surface area contributed by atoms with E-state index in [1.807, 2.05) is 4.90 Å². The molecule has 0 radical (unpaired) electrons. The minimum Gasteiger partial charge on any atom is -0.453 e. The molecule has 0 aliphatic carbocycles. The summed E-state index contributed by atoms with van der Waals surface area (Å²) in [6.45, 7) is 3.93. The van der Waals surface area contributed by atoms with E-state index < -0.39 is 53.5 Å². The minimum absolute atomic E-state index is 0.0608. The maximum Gasteiger partial charge on any atom is 0.407 e. The third-order valence-corrected chi connectivity index (χ3v) is 17.8. The number of halogens is 5. The number of carbonyl (C=O) groups excluding carboxylic acids is 3. The number of imidazole rings is 2. The number of rotatable bonds is 12. The molecule has 79 heavy (non-hydrogen) atoms. The van der Waals surface area contributed by atoms with E-state index in [1.54, 1.807) is 39.0 Å². The maximum absolute atomic E-state index is 17.0. The lowest BCUT2D eigenvalue weighted by Gasteiger charge is -2.36. The molecule has 0 saturated carbocycles. The highest BCUT2D eigenvalue weighted by atomic mass is 19.1. The molecule has 3 N–H and O–H groups in total. The number of nitrogens with one attached hydrogen (secondary N) is 3. The van der Waals surface area contributed by atoms with Crippen molar-refractivity contribution in [2.24, 2.45) is 11.8 Å². The van der Waals surface area contributed by atoms with Crippen LogP contribution in [0.2, 0.25) is 0 Å². The number of aromatic amines is 2. The average Bonchev–Trinajstić information content (AvgIpc) is 4.41. The SMILES string of the molecule is COC(=O)N[C@H](C(=O)N1CCC[C@H]1c1nc2cc([C@H]3CC[C@H](c4cc5nc([C@@H]6CCCN6C(=O)CC6CCOCC6)[nH]c5cc4F)N3c3cc(F)c(N4CCC(c5ccc(F)cc5)CC4)c(F)c3)c(F)cc2[nH]1)C1CCOCC1. The highest BCUT2D eigenvalue weighted by molar-refractivity contribution is 5.87. The van der Waals surface area contributed by atoms with Gasteiger partial charge in [0.05, 0.1) is 53.3 Å². The molecule has 0 spiro atoms. The normalized spacial score (nSPS) is 23.1. The van der Waals surface area contributed by atoms with Crippen molar-refractivity contribution in [3.63, 3.8) is 0 Å². The largest absolute Gasteiger partial charge is 0.453 e. The van der Waals surface area contributed by atoms with E-state index >= 15 is 17.6 Å². The van der Waals surface area contributed by atoms with Crippen molar-refractivity contribution in [1.29, 1.82) is 0 Å². The van der Waals surface area contributed by atoms with Crippen molar-refractivity contribution < 1.29 is 50.5 Å². The van der Waals surface area contributed by atoms with Crippen LogP contribution in [0.1, 0.15) is 142 Å². The van der Waals surface area contributed by atoms with Crippen LogP contribution >= 0.6 is 0 Å². The third-order valence-electron chi connectivity index (χ3n) is 17.8. The highest BCUT2D eigenvalue weighted by Crippen LogP contribution is 2.50. The van der Waals surface area contributed by atoms with Crippen LogP contribution in [0.5, 0.6) is 0 Å². The second kappa shape index (κ2) is 22.4. The zero-order chi connectivity index (χ0) is 54.5. The summed E-state index contributed by atoms with van der Waals surface area (Å²) >= 11 is 0. The number of methoxy groups -OCH3 is 1.